The van der Waals surface area contributed by atoms with E-state index in [1.165, 1.54) is 0 Å². The number of nitrogens with one attached hydrogen (secondary N) is 1. The normalized spacial score (nSPS) is 10.8. The molecule has 1 amide bonds. The lowest BCUT2D eigenvalue weighted by Gasteiger charge is -2.08. The van der Waals surface area contributed by atoms with E-state index in [1.807, 2.05) is 13.8 Å². The van der Waals surface area contributed by atoms with Crippen LogP contribution in [0.25, 0.3) is 0 Å². The minimum absolute atomic E-state index is 0.0763. The van der Waals surface area contributed by atoms with Crippen LogP contribution >= 0.6 is 0 Å². The molecule has 112 valence electrons. The zero-order valence-corrected chi connectivity index (χ0v) is 11.7. The molecule has 0 atom stereocenters. The maximum Gasteiger partial charge on any atom is 0.251 e. The number of hydrogen-bond donors (Lipinski definition) is 2. The quantitative estimate of drug-likeness (QED) is 0.598. The summed E-state index contributed by atoms with van der Waals surface area (Å²) in [5, 5.41) is 2.59. The summed E-state index contributed by atoms with van der Waals surface area (Å²) in [5.74, 6) is -2.38. The van der Waals surface area contributed by atoms with E-state index in [1.54, 1.807) is 0 Å². The van der Waals surface area contributed by atoms with Crippen molar-refractivity contribution in [1.29, 1.82) is 0 Å². The lowest BCUT2D eigenvalue weighted by atomic mass is 10.1. The molecule has 0 heterocycles. The van der Waals surface area contributed by atoms with Gasteiger partial charge in [0.2, 0.25) is 0 Å². The molecule has 0 bridgehead atoms. The van der Waals surface area contributed by atoms with E-state index in [2.05, 4.69) is 5.32 Å². The second-order valence-electron chi connectivity index (χ2n) is 4.74. The van der Waals surface area contributed by atoms with Crippen molar-refractivity contribution < 1.29 is 18.3 Å². The van der Waals surface area contributed by atoms with E-state index in [0.717, 1.165) is 25.0 Å². The van der Waals surface area contributed by atoms with Crippen LogP contribution in [0.15, 0.2) is 12.1 Å². The lowest BCUT2D eigenvalue weighted by Crippen LogP contribution is -2.25. The minimum atomic E-state index is -0.930. The van der Waals surface area contributed by atoms with Crippen LogP contribution in [0.5, 0.6) is 0 Å². The topological polar surface area (TPSA) is 64.3 Å². The molecule has 0 spiro atoms. The smallest absolute Gasteiger partial charge is 0.251 e. The van der Waals surface area contributed by atoms with Gasteiger partial charge in [-0.15, -0.1) is 0 Å². The van der Waals surface area contributed by atoms with Crippen LogP contribution in [0.3, 0.4) is 0 Å². The summed E-state index contributed by atoms with van der Waals surface area (Å²) in [7, 11) is 0. The Morgan fingerprint density at radius 1 is 1.30 bits per heavy atom. The van der Waals surface area contributed by atoms with Gasteiger partial charge in [0.05, 0.1) is 6.10 Å². The molecule has 0 saturated heterocycles. The molecule has 1 aromatic carbocycles. The highest BCUT2D eigenvalue weighted by molar-refractivity contribution is 5.94. The Bertz CT molecular complexity index is 441. The lowest BCUT2D eigenvalue weighted by molar-refractivity contribution is 0.0754. The molecule has 1 aromatic rings. The highest BCUT2D eigenvalue weighted by Gasteiger charge is 2.12. The molecule has 1 rings (SSSR count). The van der Waals surface area contributed by atoms with Crippen LogP contribution in [0, 0.1) is 11.6 Å². The summed E-state index contributed by atoms with van der Waals surface area (Å²) in [4.78, 5) is 11.7. The van der Waals surface area contributed by atoms with E-state index in [4.69, 9.17) is 10.5 Å². The zero-order valence-electron chi connectivity index (χ0n) is 11.7. The number of carbonyl (C=O) groups is 1. The summed E-state index contributed by atoms with van der Waals surface area (Å²) in [6.07, 6.45) is 1.73. The van der Waals surface area contributed by atoms with Crippen LogP contribution in [0.1, 0.15) is 37.0 Å². The molecule has 0 aliphatic carbocycles. The van der Waals surface area contributed by atoms with Gasteiger partial charge < -0.3 is 15.8 Å². The third kappa shape index (κ3) is 5.13. The van der Waals surface area contributed by atoms with Gasteiger partial charge in [0.25, 0.3) is 5.91 Å². The summed E-state index contributed by atoms with van der Waals surface area (Å²) < 4.78 is 31.8. The number of hydrogen-bond acceptors (Lipinski definition) is 3. The van der Waals surface area contributed by atoms with Gasteiger partial charge in [-0.3, -0.25) is 4.79 Å². The number of rotatable bonds is 7. The number of ether oxygens (including phenoxy) is 1. The van der Waals surface area contributed by atoms with E-state index in [-0.39, 0.29) is 11.7 Å². The first kappa shape index (κ1) is 16.4. The molecule has 0 saturated carbocycles. The second-order valence-corrected chi connectivity index (χ2v) is 4.74. The SMILES string of the molecule is CC(C)OCCCCNC(=O)c1cc(F)c(N)c(F)c1. The van der Waals surface area contributed by atoms with E-state index in [0.29, 0.717) is 13.2 Å². The number of nitrogen functional groups attached to an aromatic ring is 1. The summed E-state index contributed by atoms with van der Waals surface area (Å²) >= 11 is 0. The van der Waals surface area contributed by atoms with Gasteiger partial charge in [0, 0.05) is 18.7 Å². The Balaban J connectivity index is 2.36. The predicted molar refractivity (Wildman–Crippen MR) is 73.4 cm³/mol. The van der Waals surface area contributed by atoms with Crippen molar-refractivity contribution in [1.82, 2.24) is 5.32 Å². The Morgan fingerprint density at radius 2 is 1.90 bits per heavy atom. The first-order chi connectivity index (χ1) is 9.41. The summed E-state index contributed by atoms with van der Waals surface area (Å²) in [6.45, 7) is 4.95. The molecule has 3 N–H and O–H groups in total. The van der Waals surface area contributed by atoms with Crippen LogP contribution in [0.2, 0.25) is 0 Å². The molecule has 0 aliphatic rings. The highest BCUT2D eigenvalue weighted by atomic mass is 19.1. The number of nitrogens with two attached hydrogens (primary N) is 1. The van der Waals surface area contributed by atoms with Crippen molar-refractivity contribution in [2.24, 2.45) is 0 Å². The van der Waals surface area contributed by atoms with Crippen molar-refractivity contribution in [3.63, 3.8) is 0 Å². The summed E-state index contributed by atoms with van der Waals surface area (Å²) in [5.41, 5.74) is 4.48. The van der Waals surface area contributed by atoms with Crippen molar-refractivity contribution in [2.45, 2.75) is 32.8 Å². The first-order valence-corrected chi connectivity index (χ1v) is 6.56. The number of unbranched alkanes of at least 4 members (excludes halogenated alkanes) is 1. The van der Waals surface area contributed by atoms with E-state index < -0.39 is 23.2 Å². The molecule has 0 radical (unpaired) electrons. The van der Waals surface area contributed by atoms with Gasteiger partial charge in [-0.2, -0.15) is 0 Å². The van der Waals surface area contributed by atoms with Gasteiger partial charge in [0.1, 0.15) is 17.3 Å². The van der Waals surface area contributed by atoms with Crippen molar-refractivity contribution >= 4 is 11.6 Å². The van der Waals surface area contributed by atoms with Gasteiger partial charge in [-0.05, 0) is 38.8 Å². The Labute approximate surface area is 117 Å². The second kappa shape index (κ2) is 7.79. The molecule has 0 aromatic heterocycles. The molecule has 4 nitrogen and oxygen atoms in total. The van der Waals surface area contributed by atoms with Crippen molar-refractivity contribution in [3.8, 4) is 0 Å². The van der Waals surface area contributed by atoms with Gasteiger partial charge >= 0.3 is 0 Å². The van der Waals surface area contributed by atoms with E-state index in [9.17, 15) is 13.6 Å². The van der Waals surface area contributed by atoms with Crippen LogP contribution < -0.4 is 11.1 Å². The number of halogens is 2. The van der Waals surface area contributed by atoms with Gasteiger partial charge in [0.15, 0.2) is 0 Å². The van der Waals surface area contributed by atoms with Gasteiger partial charge in [-0.1, -0.05) is 0 Å². The standard InChI is InChI=1S/C14H20F2N2O2/c1-9(2)20-6-4-3-5-18-14(19)10-7-11(15)13(17)12(16)8-10/h7-9H,3-6,17H2,1-2H3,(H,18,19). The highest BCUT2D eigenvalue weighted by Crippen LogP contribution is 2.17. The third-order valence-electron chi connectivity index (χ3n) is 2.65. The molecule has 20 heavy (non-hydrogen) atoms. The monoisotopic (exact) mass is 286 g/mol. The predicted octanol–water partition coefficient (Wildman–Crippen LogP) is 2.48. The maximum atomic E-state index is 13.2. The molecule has 0 aliphatic heterocycles. The number of amides is 1. The number of anilines is 1. The fourth-order valence-electron chi connectivity index (χ4n) is 1.57. The molecular weight excluding hydrogens is 266 g/mol. The minimum Gasteiger partial charge on any atom is -0.394 e. The Kier molecular flexibility index (Phi) is 6.38. The van der Waals surface area contributed by atoms with Gasteiger partial charge in [-0.25, -0.2) is 8.78 Å². The molecule has 0 fully saturated rings. The van der Waals surface area contributed by atoms with E-state index >= 15 is 0 Å². The average Bonchev–Trinajstić information content (AvgIpc) is 2.38. The number of benzene rings is 1. The van der Waals surface area contributed by atoms with Crippen molar-refractivity contribution in [3.05, 3.63) is 29.3 Å². The fraction of sp³-hybridized carbons (Fsp3) is 0.500. The Morgan fingerprint density at radius 3 is 2.45 bits per heavy atom. The zero-order chi connectivity index (χ0) is 15.1. The van der Waals surface area contributed by atoms with Crippen LogP contribution in [-0.2, 0) is 4.74 Å². The third-order valence-corrected chi connectivity index (χ3v) is 2.65. The van der Waals surface area contributed by atoms with Crippen molar-refractivity contribution in [2.75, 3.05) is 18.9 Å². The Hall–Kier alpha value is -1.69. The fourth-order valence-corrected chi connectivity index (χ4v) is 1.57. The largest absolute Gasteiger partial charge is 0.394 e. The molecular formula is C14H20F2N2O2. The van der Waals surface area contributed by atoms with Crippen LogP contribution in [-0.4, -0.2) is 25.2 Å². The first-order valence-electron chi connectivity index (χ1n) is 6.56. The summed E-state index contributed by atoms with van der Waals surface area (Å²) in [6, 6.07) is 1.85. The molecule has 6 heteroatoms. The molecule has 0 unspecified atom stereocenters. The maximum absolute atomic E-state index is 13.2. The van der Waals surface area contributed by atoms with Crippen LogP contribution in [0.4, 0.5) is 14.5 Å². The number of carbonyl (C=O) groups excluding carboxylic acids is 1. The average molecular weight is 286 g/mol.